The highest BCUT2D eigenvalue weighted by molar-refractivity contribution is 5.94. The van der Waals surface area contributed by atoms with Crippen LogP contribution in [0.4, 0.5) is 0 Å². The van der Waals surface area contributed by atoms with E-state index in [1.807, 2.05) is 18.2 Å². The number of fused-ring (bicyclic) bond motifs is 1. The summed E-state index contributed by atoms with van der Waals surface area (Å²) in [5.74, 6) is 0.922. The third-order valence-electron chi connectivity index (χ3n) is 5.74. The Balaban J connectivity index is 1.28. The first-order valence-electron chi connectivity index (χ1n) is 10.2. The Morgan fingerprint density at radius 1 is 1.18 bits per heavy atom. The second-order valence-corrected chi connectivity index (χ2v) is 7.76. The smallest absolute Gasteiger partial charge is 0.251 e. The van der Waals surface area contributed by atoms with Crippen LogP contribution in [0.1, 0.15) is 33.9 Å². The number of ether oxygens (including phenoxy) is 1. The third kappa shape index (κ3) is 4.37. The highest BCUT2D eigenvalue weighted by Crippen LogP contribution is 2.26. The zero-order valence-electron chi connectivity index (χ0n) is 16.6. The minimum atomic E-state index is 0.00712. The molecule has 28 heavy (non-hydrogen) atoms. The number of carbonyl (C=O) groups excluding carboxylic acids is 1. The molecule has 0 radical (unpaired) electrons. The molecule has 0 bridgehead atoms. The van der Waals surface area contributed by atoms with Crippen molar-refractivity contribution in [3.05, 3.63) is 65.2 Å². The predicted octanol–water partition coefficient (Wildman–Crippen LogP) is 2.73. The molecule has 1 atom stereocenters. The highest BCUT2D eigenvalue weighted by atomic mass is 16.5. The largest absolute Gasteiger partial charge is 0.493 e. The molecule has 1 amide bonds. The molecule has 2 heterocycles. The molecular formula is C23H29N3O2. The normalized spacial score (nSPS) is 19.8. The molecule has 5 heteroatoms. The van der Waals surface area contributed by atoms with Gasteiger partial charge in [-0.1, -0.05) is 30.3 Å². The molecule has 1 saturated heterocycles. The van der Waals surface area contributed by atoms with Gasteiger partial charge in [-0.25, -0.2) is 0 Å². The van der Waals surface area contributed by atoms with Gasteiger partial charge >= 0.3 is 0 Å². The summed E-state index contributed by atoms with van der Waals surface area (Å²) in [6, 6.07) is 16.9. The number of nitrogens with zero attached hydrogens (tertiary/aromatic N) is 2. The van der Waals surface area contributed by atoms with Gasteiger partial charge in [0.1, 0.15) is 5.75 Å². The van der Waals surface area contributed by atoms with Crippen molar-refractivity contribution in [3.8, 4) is 5.75 Å². The van der Waals surface area contributed by atoms with Crippen LogP contribution in [0.3, 0.4) is 0 Å². The first kappa shape index (κ1) is 19.0. The van der Waals surface area contributed by atoms with Crippen LogP contribution in [-0.4, -0.2) is 62.1 Å². The van der Waals surface area contributed by atoms with Gasteiger partial charge in [0.2, 0.25) is 0 Å². The quantitative estimate of drug-likeness (QED) is 0.784. The lowest BCUT2D eigenvalue weighted by atomic mass is 10.0. The summed E-state index contributed by atoms with van der Waals surface area (Å²) in [5.41, 5.74) is 3.24. The summed E-state index contributed by atoms with van der Waals surface area (Å²) >= 11 is 0. The fraction of sp³-hybridized carbons (Fsp3) is 0.435. The zero-order chi connectivity index (χ0) is 19.3. The summed E-state index contributed by atoms with van der Waals surface area (Å²) in [7, 11) is 2.19. The predicted molar refractivity (Wildman–Crippen MR) is 111 cm³/mol. The van der Waals surface area contributed by atoms with Gasteiger partial charge < -0.3 is 15.0 Å². The minimum Gasteiger partial charge on any atom is -0.493 e. The lowest BCUT2D eigenvalue weighted by molar-refractivity contribution is 0.0866. The SMILES string of the molecule is CN1CCN(CCCNC(=O)c2ccc3c(c2)CCO3)[C@@H](c2ccccc2)C1. The summed E-state index contributed by atoms with van der Waals surface area (Å²) in [5, 5.41) is 3.08. The highest BCUT2D eigenvalue weighted by Gasteiger charge is 2.26. The van der Waals surface area contributed by atoms with Crippen LogP contribution in [0.15, 0.2) is 48.5 Å². The van der Waals surface area contributed by atoms with Crippen LogP contribution in [0.5, 0.6) is 5.75 Å². The molecule has 4 rings (SSSR count). The number of nitrogens with one attached hydrogen (secondary N) is 1. The number of hydrogen-bond donors (Lipinski definition) is 1. The van der Waals surface area contributed by atoms with Gasteiger partial charge in [0.25, 0.3) is 5.91 Å². The molecule has 0 unspecified atom stereocenters. The van der Waals surface area contributed by atoms with Crippen LogP contribution >= 0.6 is 0 Å². The van der Waals surface area contributed by atoms with Gasteiger partial charge in [-0.3, -0.25) is 9.69 Å². The molecule has 0 aromatic heterocycles. The number of carbonyl (C=O) groups is 1. The van der Waals surface area contributed by atoms with E-state index in [-0.39, 0.29) is 5.91 Å². The van der Waals surface area contributed by atoms with Crippen molar-refractivity contribution >= 4 is 5.91 Å². The van der Waals surface area contributed by atoms with Crippen molar-refractivity contribution in [1.82, 2.24) is 15.1 Å². The van der Waals surface area contributed by atoms with Gasteiger partial charge in [-0.2, -0.15) is 0 Å². The molecule has 2 aromatic carbocycles. The molecule has 1 fully saturated rings. The molecule has 2 aromatic rings. The Bertz CT molecular complexity index is 809. The maximum absolute atomic E-state index is 12.5. The van der Waals surface area contributed by atoms with Crippen molar-refractivity contribution in [2.24, 2.45) is 0 Å². The number of piperazine rings is 1. The molecule has 148 valence electrons. The van der Waals surface area contributed by atoms with Crippen molar-refractivity contribution in [3.63, 3.8) is 0 Å². The van der Waals surface area contributed by atoms with E-state index in [1.165, 1.54) is 5.56 Å². The number of hydrogen-bond acceptors (Lipinski definition) is 4. The molecule has 0 saturated carbocycles. The van der Waals surface area contributed by atoms with Gasteiger partial charge in [-0.15, -0.1) is 0 Å². The maximum atomic E-state index is 12.5. The second kappa shape index (κ2) is 8.76. The Morgan fingerprint density at radius 2 is 2.04 bits per heavy atom. The number of likely N-dealkylation sites (N-methyl/N-ethyl adjacent to an activating group) is 1. The van der Waals surface area contributed by atoms with Crippen molar-refractivity contribution < 1.29 is 9.53 Å². The van der Waals surface area contributed by atoms with E-state index in [2.05, 4.69) is 52.5 Å². The maximum Gasteiger partial charge on any atom is 0.251 e. The van der Waals surface area contributed by atoms with Crippen LogP contribution in [0.25, 0.3) is 0 Å². The fourth-order valence-electron chi connectivity index (χ4n) is 4.13. The molecular weight excluding hydrogens is 350 g/mol. The number of rotatable bonds is 6. The second-order valence-electron chi connectivity index (χ2n) is 7.76. The lowest BCUT2D eigenvalue weighted by Crippen LogP contribution is -2.47. The zero-order valence-corrected chi connectivity index (χ0v) is 16.6. The number of amides is 1. The Kier molecular flexibility index (Phi) is 5.93. The van der Waals surface area contributed by atoms with Crippen LogP contribution in [0.2, 0.25) is 0 Å². The van der Waals surface area contributed by atoms with E-state index in [9.17, 15) is 4.79 Å². The molecule has 2 aliphatic heterocycles. The first-order valence-corrected chi connectivity index (χ1v) is 10.2. The van der Waals surface area contributed by atoms with Crippen LogP contribution < -0.4 is 10.1 Å². The lowest BCUT2D eigenvalue weighted by Gasteiger charge is -2.40. The Hall–Kier alpha value is -2.37. The van der Waals surface area contributed by atoms with E-state index in [0.717, 1.165) is 55.9 Å². The standard InChI is InChI=1S/C23H29N3O2/c1-25-13-14-26(21(17-25)18-6-3-2-4-7-18)12-5-11-24-23(27)20-8-9-22-19(16-20)10-15-28-22/h2-4,6-9,16,21H,5,10-15,17H2,1H3,(H,24,27)/t21-/m1/s1. The summed E-state index contributed by atoms with van der Waals surface area (Å²) in [4.78, 5) is 17.4. The first-order chi connectivity index (χ1) is 13.7. The van der Waals surface area contributed by atoms with Crippen molar-refractivity contribution in [2.75, 3.05) is 46.4 Å². The van der Waals surface area contributed by atoms with Gasteiger partial charge in [0, 0.05) is 50.7 Å². The van der Waals surface area contributed by atoms with Crippen LogP contribution in [-0.2, 0) is 6.42 Å². The molecule has 2 aliphatic rings. The Labute approximate surface area is 167 Å². The average Bonchev–Trinajstić information content (AvgIpc) is 3.20. The fourth-order valence-corrected chi connectivity index (χ4v) is 4.13. The van der Waals surface area contributed by atoms with Gasteiger partial charge in [0.05, 0.1) is 6.61 Å². The van der Waals surface area contributed by atoms with E-state index in [0.29, 0.717) is 19.2 Å². The van der Waals surface area contributed by atoms with E-state index in [4.69, 9.17) is 4.74 Å². The van der Waals surface area contributed by atoms with Gasteiger partial charge in [-0.05, 0) is 42.8 Å². The van der Waals surface area contributed by atoms with E-state index < -0.39 is 0 Å². The summed E-state index contributed by atoms with van der Waals surface area (Å²) in [6.45, 7) is 5.61. The van der Waals surface area contributed by atoms with Crippen molar-refractivity contribution in [2.45, 2.75) is 18.9 Å². The summed E-state index contributed by atoms with van der Waals surface area (Å²) in [6.07, 6.45) is 1.84. The van der Waals surface area contributed by atoms with E-state index in [1.54, 1.807) is 0 Å². The molecule has 1 N–H and O–H groups in total. The monoisotopic (exact) mass is 379 g/mol. The minimum absolute atomic E-state index is 0.00712. The molecule has 0 aliphatic carbocycles. The number of benzene rings is 2. The Morgan fingerprint density at radius 3 is 2.89 bits per heavy atom. The third-order valence-corrected chi connectivity index (χ3v) is 5.74. The van der Waals surface area contributed by atoms with Crippen LogP contribution in [0, 0.1) is 0 Å². The molecule has 0 spiro atoms. The summed E-state index contributed by atoms with van der Waals surface area (Å²) < 4.78 is 5.51. The molecule has 5 nitrogen and oxygen atoms in total. The van der Waals surface area contributed by atoms with Gasteiger partial charge in [0.15, 0.2) is 0 Å². The van der Waals surface area contributed by atoms with Crippen molar-refractivity contribution in [1.29, 1.82) is 0 Å². The topological polar surface area (TPSA) is 44.8 Å². The average molecular weight is 380 g/mol. The van der Waals surface area contributed by atoms with E-state index >= 15 is 0 Å².